The highest BCUT2D eigenvalue weighted by Gasteiger charge is 2.18. The molecule has 0 unspecified atom stereocenters. The first kappa shape index (κ1) is 15.8. The van der Waals surface area contributed by atoms with Crippen molar-refractivity contribution in [2.45, 2.75) is 20.4 Å². The average Bonchev–Trinajstić information content (AvgIpc) is 2.37. The summed E-state index contributed by atoms with van der Waals surface area (Å²) in [4.78, 5) is 24.2. The van der Waals surface area contributed by atoms with Crippen molar-refractivity contribution in [3.63, 3.8) is 0 Å². The number of nitrogen functional groups attached to an aromatic ring is 1. The Balaban J connectivity index is 2.70. The van der Waals surface area contributed by atoms with Crippen LogP contribution in [-0.4, -0.2) is 30.1 Å². The van der Waals surface area contributed by atoms with Crippen LogP contribution in [0.5, 0.6) is 0 Å². The highest BCUT2D eigenvalue weighted by atomic mass is 16.6. The smallest absolute Gasteiger partial charge is 0.410 e. The molecule has 0 atom stereocenters. The van der Waals surface area contributed by atoms with Crippen LogP contribution in [0.15, 0.2) is 24.3 Å². The van der Waals surface area contributed by atoms with Gasteiger partial charge in [-0.2, -0.15) is 0 Å². The summed E-state index contributed by atoms with van der Waals surface area (Å²) in [5, 5.41) is 0. The van der Waals surface area contributed by atoms with Gasteiger partial charge in [0, 0.05) is 12.2 Å². The van der Waals surface area contributed by atoms with Gasteiger partial charge >= 0.3 is 6.09 Å². The Morgan fingerprint density at radius 2 is 1.85 bits per heavy atom. The fourth-order valence-electron chi connectivity index (χ4n) is 1.55. The summed E-state index contributed by atoms with van der Waals surface area (Å²) in [7, 11) is 0. The molecule has 0 aliphatic heterocycles. The zero-order valence-corrected chi connectivity index (χ0v) is 11.8. The van der Waals surface area contributed by atoms with Crippen LogP contribution >= 0.6 is 0 Å². The summed E-state index contributed by atoms with van der Waals surface area (Å²) in [6.07, 6.45) is -0.547. The first-order valence-corrected chi connectivity index (χ1v) is 6.43. The summed E-state index contributed by atoms with van der Waals surface area (Å²) in [6, 6.07) is 7.05. The molecule has 0 heterocycles. The van der Waals surface area contributed by atoms with E-state index in [0.29, 0.717) is 12.3 Å². The molecule has 0 aromatic heterocycles. The molecule has 0 aliphatic rings. The normalized spacial score (nSPS) is 10.3. The number of amides is 2. The number of nitrogens with two attached hydrogens (primary N) is 2. The Morgan fingerprint density at radius 3 is 2.35 bits per heavy atom. The van der Waals surface area contributed by atoms with E-state index in [0.717, 1.165) is 5.56 Å². The quantitative estimate of drug-likeness (QED) is 0.768. The molecule has 0 aliphatic carbocycles. The topological polar surface area (TPSA) is 98.6 Å². The maximum Gasteiger partial charge on any atom is 0.410 e. The van der Waals surface area contributed by atoms with Gasteiger partial charge in [0.25, 0.3) is 0 Å². The van der Waals surface area contributed by atoms with Gasteiger partial charge in [0.05, 0.1) is 6.61 Å². The molecule has 0 saturated carbocycles. The summed E-state index contributed by atoms with van der Waals surface area (Å²) in [6.45, 7) is 4.24. The van der Waals surface area contributed by atoms with Crippen LogP contribution in [0, 0.1) is 5.92 Å². The van der Waals surface area contributed by atoms with Crippen LogP contribution in [0.2, 0.25) is 0 Å². The first-order chi connectivity index (χ1) is 9.38. The van der Waals surface area contributed by atoms with Gasteiger partial charge in [0.1, 0.15) is 6.54 Å². The largest absolute Gasteiger partial charge is 0.449 e. The third-order valence-corrected chi connectivity index (χ3v) is 2.50. The van der Waals surface area contributed by atoms with Gasteiger partial charge in [0.15, 0.2) is 0 Å². The van der Waals surface area contributed by atoms with Crippen LogP contribution in [0.1, 0.15) is 19.4 Å². The maximum absolute atomic E-state index is 11.9. The van der Waals surface area contributed by atoms with E-state index in [9.17, 15) is 9.59 Å². The number of carbonyl (C=O) groups excluding carboxylic acids is 2. The van der Waals surface area contributed by atoms with Crippen molar-refractivity contribution in [1.82, 2.24) is 4.90 Å². The van der Waals surface area contributed by atoms with E-state index in [2.05, 4.69) is 0 Å². The fourth-order valence-corrected chi connectivity index (χ4v) is 1.55. The summed E-state index contributed by atoms with van der Waals surface area (Å²) in [5.41, 5.74) is 12.2. The van der Waals surface area contributed by atoms with Gasteiger partial charge in [-0.3, -0.25) is 9.69 Å². The Kier molecular flexibility index (Phi) is 5.83. The van der Waals surface area contributed by atoms with Crippen LogP contribution in [0.4, 0.5) is 10.5 Å². The number of hydrogen-bond donors (Lipinski definition) is 2. The number of benzene rings is 1. The van der Waals surface area contributed by atoms with Gasteiger partial charge in [-0.1, -0.05) is 26.0 Å². The predicted molar refractivity (Wildman–Crippen MR) is 76.6 cm³/mol. The average molecular weight is 279 g/mol. The second-order valence-corrected chi connectivity index (χ2v) is 5.03. The van der Waals surface area contributed by atoms with E-state index in [1.165, 1.54) is 4.90 Å². The van der Waals surface area contributed by atoms with Crippen molar-refractivity contribution in [3.8, 4) is 0 Å². The lowest BCUT2D eigenvalue weighted by Crippen LogP contribution is -2.38. The number of rotatable bonds is 6. The van der Waals surface area contributed by atoms with Crippen molar-refractivity contribution < 1.29 is 14.3 Å². The van der Waals surface area contributed by atoms with E-state index in [1.54, 1.807) is 24.3 Å². The second kappa shape index (κ2) is 7.37. The lowest BCUT2D eigenvalue weighted by Gasteiger charge is -2.21. The molecular formula is C14H21N3O3. The van der Waals surface area contributed by atoms with Crippen molar-refractivity contribution >= 4 is 17.7 Å². The number of nitrogens with zero attached hydrogens (tertiary/aromatic N) is 1. The molecule has 0 radical (unpaired) electrons. The lowest BCUT2D eigenvalue weighted by atomic mass is 10.2. The maximum atomic E-state index is 11.9. The molecule has 2 amide bonds. The monoisotopic (exact) mass is 279 g/mol. The molecule has 0 fully saturated rings. The number of primary amides is 1. The highest BCUT2D eigenvalue weighted by molar-refractivity contribution is 5.80. The molecule has 0 saturated heterocycles. The zero-order chi connectivity index (χ0) is 15.1. The minimum absolute atomic E-state index is 0.179. The Morgan fingerprint density at radius 1 is 1.25 bits per heavy atom. The van der Waals surface area contributed by atoms with Gasteiger partial charge in [-0.25, -0.2) is 4.79 Å². The fraction of sp³-hybridized carbons (Fsp3) is 0.429. The standard InChI is InChI=1S/C14H21N3O3/c1-10(2)9-20-14(19)17(8-13(16)18)7-11-3-5-12(15)6-4-11/h3-6,10H,7-9,15H2,1-2H3,(H2,16,18). The molecule has 6 heteroatoms. The molecule has 0 spiro atoms. The van der Waals surface area contributed by atoms with Crippen LogP contribution in [0.3, 0.4) is 0 Å². The first-order valence-electron chi connectivity index (χ1n) is 6.43. The molecule has 6 nitrogen and oxygen atoms in total. The molecule has 1 aromatic carbocycles. The Labute approximate surface area is 118 Å². The van der Waals surface area contributed by atoms with Crippen molar-refractivity contribution in [3.05, 3.63) is 29.8 Å². The zero-order valence-electron chi connectivity index (χ0n) is 11.8. The van der Waals surface area contributed by atoms with E-state index in [4.69, 9.17) is 16.2 Å². The predicted octanol–water partition coefficient (Wildman–Crippen LogP) is 1.35. The second-order valence-electron chi connectivity index (χ2n) is 5.03. The number of carbonyl (C=O) groups is 2. The van der Waals surface area contributed by atoms with E-state index in [-0.39, 0.29) is 19.0 Å². The molecule has 110 valence electrons. The summed E-state index contributed by atoms with van der Waals surface area (Å²) in [5.74, 6) is -0.354. The number of anilines is 1. The highest BCUT2D eigenvalue weighted by Crippen LogP contribution is 2.10. The molecule has 20 heavy (non-hydrogen) atoms. The third kappa shape index (κ3) is 5.60. The molecule has 1 aromatic rings. The SMILES string of the molecule is CC(C)COC(=O)N(CC(N)=O)Cc1ccc(N)cc1. The lowest BCUT2D eigenvalue weighted by molar-refractivity contribution is -0.119. The molecule has 0 bridgehead atoms. The minimum atomic E-state index is -0.582. The van der Waals surface area contributed by atoms with E-state index >= 15 is 0 Å². The van der Waals surface area contributed by atoms with Crippen LogP contribution < -0.4 is 11.5 Å². The van der Waals surface area contributed by atoms with E-state index < -0.39 is 12.0 Å². The van der Waals surface area contributed by atoms with Crippen molar-refractivity contribution in [2.24, 2.45) is 11.7 Å². The van der Waals surface area contributed by atoms with Gasteiger partial charge in [-0.15, -0.1) is 0 Å². The minimum Gasteiger partial charge on any atom is -0.449 e. The van der Waals surface area contributed by atoms with Crippen molar-refractivity contribution in [1.29, 1.82) is 0 Å². The number of ether oxygens (including phenoxy) is 1. The molecule has 1 rings (SSSR count). The van der Waals surface area contributed by atoms with E-state index in [1.807, 2.05) is 13.8 Å². The molecular weight excluding hydrogens is 258 g/mol. The van der Waals surface area contributed by atoms with Crippen LogP contribution in [0.25, 0.3) is 0 Å². The Hall–Kier alpha value is -2.24. The molecule has 4 N–H and O–H groups in total. The van der Waals surface area contributed by atoms with Gasteiger partial charge in [0.2, 0.25) is 5.91 Å². The van der Waals surface area contributed by atoms with Gasteiger partial charge < -0.3 is 16.2 Å². The third-order valence-electron chi connectivity index (χ3n) is 2.50. The van der Waals surface area contributed by atoms with Gasteiger partial charge in [-0.05, 0) is 23.6 Å². The summed E-state index contributed by atoms with van der Waals surface area (Å²) < 4.78 is 5.12. The number of hydrogen-bond acceptors (Lipinski definition) is 4. The van der Waals surface area contributed by atoms with Crippen molar-refractivity contribution in [2.75, 3.05) is 18.9 Å². The summed E-state index contributed by atoms with van der Waals surface area (Å²) >= 11 is 0. The Bertz CT molecular complexity index is 457. The van der Waals surface area contributed by atoms with Crippen LogP contribution in [-0.2, 0) is 16.1 Å².